The van der Waals surface area contributed by atoms with E-state index in [4.69, 9.17) is 27.9 Å². The minimum atomic E-state index is -0.404. The van der Waals surface area contributed by atoms with Gasteiger partial charge in [-0.2, -0.15) is 0 Å². The summed E-state index contributed by atoms with van der Waals surface area (Å²) in [7, 11) is 0. The van der Waals surface area contributed by atoms with Crippen LogP contribution in [-0.4, -0.2) is 53.9 Å². The zero-order valence-electron chi connectivity index (χ0n) is 17.6. The lowest BCUT2D eigenvalue weighted by Crippen LogP contribution is -2.37. The van der Waals surface area contributed by atoms with Crippen molar-refractivity contribution in [2.24, 2.45) is 0 Å². The van der Waals surface area contributed by atoms with Crippen LogP contribution in [0.5, 0.6) is 0 Å². The second-order valence-corrected chi connectivity index (χ2v) is 9.77. The maximum atomic E-state index is 12.4. The van der Waals surface area contributed by atoms with Gasteiger partial charge in [0.25, 0.3) is 5.91 Å². The van der Waals surface area contributed by atoms with Crippen molar-refractivity contribution in [2.75, 3.05) is 19.0 Å². The van der Waals surface area contributed by atoms with Gasteiger partial charge in [-0.3, -0.25) is 14.5 Å². The summed E-state index contributed by atoms with van der Waals surface area (Å²) in [6.45, 7) is 0.653. The van der Waals surface area contributed by atoms with E-state index in [1.807, 2.05) is 18.2 Å². The first-order chi connectivity index (χ1) is 15.5. The van der Waals surface area contributed by atoms with Gasteiger partial charge in [0, 0.05) is 24.4 Å². The van der Waals surface area contributed by atoms with Crippen molar-refractivity contribution in [1.29, 1.82) is 0 Å². The molecule has 2 heterocycles. The van der Waals surface area contributed by atoms with E-state index in [2.05, 4.69) is 10.6 Å². The number of halogens is 2. The zero-order valence-corrected chi connectivity index (χ0v) is 20.0. The van der Waals surface area contributed by atoms with Gasteiger partial charge < -0.3 is 15.4 Å². The normalized spacial score (nSPS) is 23.5. The van der Waals surface area contributed by atoms with Gasteiger partial charge in [0.15, 0.2) is 0 Å². The van der Waals surface area contributed by atoms with Crippen LogP contribution in [0.2, 0.25) is 4.34 Å². The third-order valence-electron chi connectivity index (χ3n) is 5.23. The van der Waals surface area contributed by atoms with Crippen LogP contribution in [0.4, 0.5) is 4.79 Å². The summed E-state index contributed by atoms with van der Waals surface area (Å²) in [4.78, 5) is 38.8. The Kier molecular flexibility index (Phi) is 9.44. The highest BCUT2D eigenvalue weighted by Crippen LogP contribution is 2.23. The number of ether oxygens (including phenoxy) is 1. The number of unbranched alkanes of at least 4 members (excludes halogenated alkanes) is 1. The highest BCUT2D eigenvalue weighted by atomic mass is 35.5. The van der Waals surface area contributed by atoms with Gasteiger partial charge in [-0.05, 0) is 37.8 Å². The van der Waals surface area contributed by atoms with Crippen LogP contribution >= 0.6 is 34.5 Å². The smallest absolute Gasteiger partial charge is 0.410 e. The van der Waals surface area contributed by atoms with E-state index in [1.165, 1.54) is 11.3 Å². The average Bonchev–Trinajstić information content (AvgIpc) is 3.34. The molecule has 1 aliphatic heterocycles. The largest absolute Gasteiger partial charge is 0.442 e. The Hall–Kier alpha value is -2.03. The van der Waals surface area contributed by atoms with E-state index in [1.54, 1.807) is 17.0 Å². The lowest BCUT2D eigenvalue weighted by Gasteiger charge is -2.24. The first kappa shape index (κ1) is 24.6. The van der Waals surface area contributed by atoms with Gasteiger partial charge in [0.1, 0.15) is 6.10 Å². The molecule has 0 radical (unpaired) electrons. The molecule has 1 aromatic heterocycles. The maximum absolute atomic E-state index is 12.4. The molecule has 2 N–H and O–H groups in total. The second-order valence-electron chi connectivity index (χ2n) is 7.67. The molecule has 0 saturated carbocycles. The summed E-state index contributed by atoms with van der Waals surface area (Å²) < 4.78 is 5.99. The van der Waals surface area contributed by atoms with Crippen LogP contribution in [0.1, 0.15) is 48.2 Å². The quantitative estimate of drug-likeness (QED) is 0.298. The molecule has 1 saturated heterocycles. The molecular weight excluding hydrogens is 473 g/mol. The number of allylic oxidation sites excluding steroid dienone is 2. The van der Waals surface area contributed by atoms with Crippen LogP contribution in [0.3, 0.4) is 0 Å². The van der Waals surface area contributed by atoms with Crippen molar-refractivity contribution >= 4 is 52.4 Å². The van der Waals surface area contributed by atoms with Crippen LogP contribution in [0.25, 0.3) is 0 Å². The summed E-state index contributed by atoms with van der Waals surface area (Å²) in [5.74, 6) is 0.338. The van der Waals surface area contributed by atoms with Gasteiger partial charge in [0.2, 0.25) is 5.91 Å². The molecule has 0 bridgehead atoms. The lowest BCUT2D eigenvalue weighted by atomic mass is 10.0. The number of carbonyl (C=O) groups excluding carboxylic acids is 3. The van der Waals surface area contributed by atoms with Gasteiger partial charge in [-0.15, -0.1) is 22.9 Å². The average molecular weight is 500 g/mol. The molecule has 1 aliphatic carbocycles. The molecule has 2 aliphatic rings. The molecule has 3 rings (SSSR count). The highest BCUT2D eigenvalue weighted by molar-refractivity contribution is 7.18. The number of amides is 3. The van der Waals surface area contributed by atoms with Crippen molar-refractivity contribution < 1.29 is 19.1 Å². The van der Waals surface area contributed by atoms with Crippen molar-refractivity contribution in [3.05, 3.63) is 45.3 Å². The van der Waals surface area contributed by atoms with Gasteiger partial charge >= 0.3 is 6.09 Å². The van der Waals surface area contributed by atoms with E-state index in [0.717, 1.165) is 31.4 Å². The number of thiophene rings is 1. The Morgan fingerprint density at radius 1 is 1.28 bits per heavy atom. The molecular formula is C22H27Cl2N3O4S. The minimum absolute atomic E-state index is 0.00437. The van der Waals surface area contributed by atoms with Crippen molar-refractivity contribution in [3.63, 3.8) is 0 Å². The molecule has 3 amide bonds. The molecule has 10 heteroatoms. The Morgan fingerprint density at radius 2 is 2.12 bits per heavy atom. The van der Waals surface area contributed by atoms with Crippen molar-refractivity contribution in [1.82, 2.24) is 15.5 Å². The van der Waals surface area contributed by atoms with E-state index < -0.39 is 6.10 Å². The van der Waals surface area contributed by atoms with Gasteiger partial charge in [-0.1, -0.05) is 29.8 Å². The van der Waals surface area contributed by atoms with E-state index >= 15 is 0 Å². The first-order valence-electron chi connectivity index (χ1n) is 10.7. The molecule has 0 spiro atoms. The fourth-order valence-electron chi connectivity index (χ4n) is 3.59. The first-order valence-corrected chi connectivity index (χ1v) is 12.4. The van der Waals surface area contributed by atoms with Crippen LogP contribution < -0.4 is 10.6 Å². The van der Waals surface area contributed by atoms with Crippen molar-refractivity contribution in [2.45, 2.75) is 50.7 Å². The number of hydrogen-bond acceptors (Lipinski definition) is 5. The number of nitrogens with one attached hydrogen (secondary N) is 2. The Bertz CT molecular complexity index is 886. The predicted molar refractivity (Wildman–Crippen MR) is 126 cm³/mol. The summed E-state index contributed by atoms with van der Waals surface area (Å²) in [5, 5.41) is 5.76. The summed E-state index contributed by atoms with van der Waals surface area (Å²) >= 11 is 12.7. The van der Waals surface area contributed by atoms with E-state index in [9.17, 15) is 14.4 Å². The van der Waals surface area contributed by atoms with Gasteiger partial charge in [0.05, 0.1) is 28.3 Å². The molecule has 1 fully saturated rings. The Labute approximate surface area is 201 Å². The zero-order chi connectivity index (χ0) is 22.9. The monoisotopic (exact) mass is 499 g/mol. The Balaban J connectivity index is 1.45. The molecule has 32 heavy (non-hydrogen) atoms. The van der Waals surface area contributed by atoms with E-state index in [-0.39, 0.29) is 30.5 Å². The third kappa shape index (κ3) is 7.25. The fourth-order valence-corrected chi connectivity index (χ4v) is 4.74. The number of rotatable bonds is 9. The third-order valence-corrected chi connectivity index (χ3v) is 6.72. The number of alkyl halides is 1. The topological polar surface area (TPSA) is 87.7 Å². The summed E-state index contributed by atoms with van der Waals surface area (Å²) in [6, 6.07) is 3.25. The molecule has 2 unspecified atom stereocenters. The SMILES string of the molecule is O=C(CCCCCl)N/C1=C/CCC(N2CC(CNC(=O)c3ccc(Cl)s3)OC2=O)/C=C\C1. The van der Waals surface area contributed by atoms with Crippen LogP contribution in [0.15, 0.2) is 36.1 Å². The predicted octanol–water partition coefficient (Wildman–Crippen LogP) is 4.47. The summed E-state index contributed by atoms with van der Waals surface area (Å²) in [5.41, 5.74) is 0.883. The van der Waals surface area contributed by atoms with Gasteiger partial charge in [-0.25, -0.2) is 4.79 Å². The fraction of sp³-hybridized carbons (Fsp3) is 0.500. The molecule has 0 aromatic carbocycles. The molecule has 2 atom stereocenters. The Morgan fingerprint density at radius 3 is 2.88 bits per heavy atom. The van der Waals surface area contributed by atoms with Crippen molar-refractivity contribution in [3.8, 4) is 0 Å². The summed E-state index contributed by atoms with van der Waals surface area (Å²) in [6.07, 6.45) is 9.32. The number of carbonyl (C=O) groups is 3. The maximum Gasteiger partial charge on any atom is 0.410 e. The van der Waals surface area contributed by atoms with E-state index in [0.29, 0.717) is 34.5 Å². The standard InChI is InChI=1S/C22H27Cl2N3O4S/c23-12-2-1-9-20(28)26-15-5-3-7-16(8-4-6-15)27-14-17(31-22(27)30)13-25-21(29)18-10-11-19(24)32-18/h3,6-7,10-11,16-17H,1-2,4-5,8-9,12-14H2,(H,25,29)(H,26,28)/b7-3-,15-6+. The molecule has 7 nitrogen and oxygen atoms in total. The molecule has 174 valence electrons. The molecule has 1 aromatic rings. The number of cyclic esters (lactones) is 1. The minimum Gasteiger partial charge on any atom is -0.442 e. The van der Waals surface area contributed by atoms with Crippen LogP contribution in [-0.2, 0) is 9.53 Å². The number of nitrogens with zero attached hydrogens (tertiary/aromatic N) is 1. The number of hydrogen-bond donors (Lipinski definition) is 2. The lowest BCUT2D eigenvalue weighted by molar-refractivity contribution is -0.120. The van der Waals surface area contributed by atoms with Crippen LogP contribution in [0, 0.1) is 0 Å². The highest BCUT2D eigenvalue weighted by Gasteiger charge is 2.35. The second kappa shape index (κ2) is 12.3.